The summed E-state index contributed by atoms with van der Waals surface area (Å²) >= 11 is 0. The van der Waals surface area contributed by atoms with Crippen LogP contribution in [0.2, 0.25) is 0 Å². The van der Waals surface area contributed by atoms with Crippen LogP contribution in [0.3, 0.4) is 0 Å². The molecule has 11 nitrogen and oxygen atoms in total. The van der Waals surface area contributed by atoms with Crippen molar-refractivity contribution in [1.29, 1.82) is 0 Å². The fraction of sp³-hybridized carbons (Fsp3) is 0.677. The van der Waals surface area contributed by atoms with E-state index in [1.165, 1.54) is 57.8 Å². The zero-order valence-electron chi connectivity index (χ0n) is 45.7. The van der Waals surface area contributed by atoms with Crippen molar-refractivity contribution in [2.75, 3.05) is 13.2 Å². The molecule has 0 saturated carbocycles. The Kier molecular flexibility index (Phi) is 45.4. The van der Waals surface area contributed by atoms with Gasteiger partial charge in [-0.05, 0) is 103 Å². The third-order valence-corrected chi connectivity index (χ3v) is 12.7. The molecule has 11 heteroatoms. The van der Waals surface area contributed by atoms with Gasteiger partial charge in [-0.25, -0.2) is 0 Å². The highest BCUT2D eigenvalue weighted by atomic mass is 16.7. The number of esters is 1. The van der Waals surface area contributed by atoms with Crippen LogP contribution in [0.1, 0.15) is 207 Å². The molecule has 73 heavy (non-hydrogen) atoms. The quantitative estimate of drug-likeness (QED) is 0.0196. The van der Waals surface area contributed by atoms with Crippen LogP contribution in [0.5, 0.6) is 0 Å². The van der Waals surface area contributed by atoms with Gasteiger partial charge in [0.05, 0.1) is 25.4 Å². The largest absolute Gasteiger partial charge is 0.454 e. The Hall–Kier alpha value is -3.68. The van der Waals surface area contributed by atoms with Gasteiger partial charge >= 0.3 is 5.97 Å². The van der Waals surface area contributed by atoms with Crippen LogP contribution in [0.4, 0.5) is 0 Å². The lowest BCUT2D eigenvalue weighted by atomic mass is 9.99. The summed E-state index contributed by atoms with van der Waals surface area (Å²) in [5.41, 5.74) is 0. The molecule has 1 amide bonds. The molecule has 1 rings (SSSR count). The zero-order valence-corrected chi connectivity index (χ0v) is 45.7. The molecule has 416 valence electrons. The van der Waals surface area contributed by atoms with E-state index in [0.29, 0.717) is 19.3 Å². The second-order valence-electron chi connectivity index (χ2n) is 19.3. The third-order valence-electron chi connectivity index (χ3n) is 12.7. The number of aliphatic hydroxyl groups excluding tert-OH is 5. The number of amides is 1. The van der Waals surface area contributed by atoms with Crippen molar-refractivity contribution in [2.24, 2.45) is 0 Å². The summed E-state index contributed by atoms with van der Waals surface area (Å²) in [6.45, 7) is 5.56. The first-order chi connectivity index (χ1) is 35.7. The molecular formula is C62H103NO10. The van der Waals surface area contributed by atoms with E-state index < -0.39 is 67.4 Å². The van der Waals surface area contributed by atoms with Crippen molar-refractivity contribution in [2.45, 2.75) is 256 Å². The minimum Gasteiger partial charge on any atom is -0.454 e. The Morgan fingerprint density at radius 1 is 0.548 bits per heavy atom. The minimum atomic E-state index is -1.65. The first-order valence-corrected chi connectivity index (χ1v) is 28.7. The number of carbonyl (C=O) groups is 2. The topological polar surface area (TPSA) is 175 Å². The summed E-state index contributed by atoms with van der Waals surface area (Å²) in [4.78, 5) is 26.4. The number of nitrogens with one attached hydrogen (secondary N) is 1. The minimum absolute atomic E-state index is 0.0364. The van der Waals surface area contributed by atoms with E-state index in [-0.39, 0.29) is 19.4 Å². The fourth-order valence-electron chi connectivity index (χ4n) is 8.10. The number of rotatable bonds is 46. The molecule has 1 fully saturated rings. The fourth-order valence-corrected chi connectivity index (χ4v) is 8.10. The second-order valence-corrected chi connectivity index (χ2v) is 19.3. The number of allylic oxidation sites excluding steroid dienone is 17. The number of aliphatic hydroxyl groups is 5. The maximum atomic E-state index is 13.4. The summed E-state index contributed by atoms with van der Waals surface area (Å²) in [6, 6.07) is -1.05. The Bertz CT molecular complexity index is 1600. The molecule has 6 N–H and O–H groups in total. The van der Waals surface area contributed by atoms with Crippen LogP contribution >= 0.6 is 0 Å². The summed E-state index contributed by atoms with van der Waals surface area (Å²) in [7, 11) is 0. The van der Waals surface area contributed by atoms with Crippen molar-refractivity contribution in [3.05, 3.63) is 109 Å². The monoisotopic (exact) mass is 1020 g/mol. The van der Waals surface area contributed by atoms with E-state index in [9.17, 15) is 35.1 Å². The van der Waals surface area contributed by atoms with E-state index in [4.69, 9.17) is 14.2 Å². The summed E-state index contributed by atoms with van der Waals surface area (Å²) in [5, 5.41) is 56.7. The molecule has 0 spiro atoms. The van der Waals surface area contributed by atoms with Crippen molar-refractivity contribution >= 4 is 11.9 Å². The molecule has 1 aliphatic rings. The highest BCUT2D eigenvalue weighted by Gasteiger charge is 2.47. The van der Waals surface area contributed by atoms with Crippen LogP contribution in [0, 0.1) is 0 Å². The van der Waals surface area contributed by atoms with Crippen LogP contribution in [0.25, 0.3) is 0 Å². The summed E-state index contributed by atoms with van der Waals surface area (Å²) < 4.78 is 17.5. The molecule has 8 unspecified atom stereocenters. The number of hydrogen-bond donors (Lipinski definition) is 6. The molecule has 0 aromatic carbocycles. The predicted molar refractivity (Wildman–Crippen MR) is 301 cm³/mol. The van der Waals surface area contributed by atoms with Crippen molar-refractivity contribution in [3.63, 3.8) is 0 Å². The van der Waals surface area contributed by atoms with Gasteiger partial charge in [-0.15, -0.1) is 0 Å². The van der Waals surface area contributed by atoms with Crippen LogP contribution in [-0.4, -0.2) is 99.6 Å². The average Bonchev–Trinajstić information content (AvgIpc) is 3.39. The maximum Gasteiger partial charge on any atom is 0.306 e. The molecule has 0 aliphatic carbocycles. The predicted octanol–water partition coefficient (Wildman–Crippen LogP) is 12.9. The Balaban J connectivity index is 2.78. The SMILES string of the molecule is CC/C=C\C/C=C\C/C=C\C/C=C\C/C=C\CCCC(=O)OC1C(OCC(NC(=O)C(O)CCCCC/C=C\C/C=C\C/C=C\CCCCC)C(O)/C=C/CCCCCCCCCCC)OC(CO)C(O)C1O. The molecule has 1 aliphatic heterocycles. The smallest absolute Gasteiger partial charge is 0.306 e. The van der Waals surface area contributed by atoms with Gasteiger partial charge in [-0.1, -0.05) is 207 Å². The number of ether oxygens (including phenoxy) is 3. The first kappa shape index (κ1) is 67.3. The van der Waals surface area contributed by atoms with Gasteiger partial charge in [-0.2, -0.15) is 0 Å². The van der Waals surface area contributed by atoms with Gasteiger partial charge in [0.2, 0.25) is 5.91 Å². The van der Waals surface area contributed by atoms with Crippen molar-refractivity contribution < 1.29 is 49.3 Å². The van der Waals surface area contributed by atoms with E-state index in [1.54, 1.807) is 6.08 Å². The van der Waals surface area contributed by atoms with Gasteiger partial charge < -0.3 is 45.1 Å². The lowest BCUT2D eigenvalue weighted by Crippen LogP contribution is -2.61. The molecule has 1 heterocycles. The molecule has 0 radical (unpaired) electrons. The first-order valence-electron chi connectivity index (χ1n) is 28.7. The van der Waals surface area contributed by atoms with Gasteiger partial charge in [0.15, 0.2) is 12.4 Å². The number of carbonyl (C=O) groups excluding carboxylic acids is 2. The van der Waals surface area contributed by atoms with E-state index in [2.05, 4.69) is 111 Å². The van der Waals surface area contributed by atoms with Gasteiger partial charge in [0.25, 0.3) is 0 Å². The van der Waals surface area contributed by atoms with E-state index in [0.717, 1.165) is 96.3 Å². The van der Waals surface area contributed by atoms with Gasteiger partial charge in [0.1, 0.15) is 24.4 Å². The van der Waals surface area contributed by atoms with E-state index in [1.807, 2.05) is 18.2 Å². The Labute approximate surface area is 443 Å². The third kappa shape index (κ3) is 37.7. The molecule has 0 bridgehead atoms. The molecule has 8 atom stereocenters. The average molecular weight is 1020 g/mol. The lowest BCUT2D eigenvalue weighted by molar-refractivity contribution is -0.305. The van der Waals surface area contributed by atoms with Gasteiger partial charge in [0, 0.05) is 6.42 Å². The van der Waals surface area contributed by atoms with Crippen LogP contribution in [-0.2, 0) is 23.8 Å². The number of hydrogen-bond acceptors (Lipinski definition) is 10. The Morgan fingerprint density at radius 2 is 0.986 bits per heavy atom. The van der Waals surface area contributed by atoms with Crippen molar-refractivity contribution in [1.82, 2.24) is 5.32 Å². The maximum absolute atomic E-state index is 13.4. The van der Waals surface area contributed by atoms with Crippen LogP contribution in [0.15, 0.2) is 109 Å². The summed E-state index contributed by atoms with van der Waals surface area (Å²) in [6.07, 6.45) is 55.6. The molecule has 0 aromatic rings. The standard InChI is InChI=1S/C62H103NO10/c1-4-7-10-13-16-19-22-24-26-28-30-32-35-38-41-44-47-50-57(67)73-60-59(69)58(68)56(51-64)72-62(60)71-52-53(54(65)48-45-42-39-36-33-21-18-15-12-9-6-3)63-61(70)55(66)49-46-43-40-37-34-31-29-27-25-23-20-17-14-11-8-5-2/h7,10,16-17,19-20,24-27,30-32,34,38,41,45,48,53-56,58-60,62,64-66,68-69H,4-6,8-9,11-15,18,21-23,28-29,33,35-37,39-40,42-44,46-47,49-52H2,1-3H3,(H,63,70)/b10-7-,19-16-,20-17-,26-24-,27-25-,32-30-,34-31-,41-38-,48-45+. The second kappa shape index (κ2) is 49.2. The highest BCUT2D eigenvalue weighted by Crippen LogP contribution is 2.26. The molecular weight excluding hydrogens is 919 g/mol. The number of unbranched alkanes of at least 4 members (excludes halogenated alkanes) is 16. The normalized spacial score (nSPS) is 20.2. The zero-order chi connectivity index (χ0) is 53.3. The van der Waals surface area contributed by atoms with Gasteiger partial charge in [-0.3, -0.25) is 9.59 Å². The lowest BCUT2D eigenvalue weighted by Gasteiger charge is -2.41. The Morgan fingerprint density at radius 3 is 1.51 bits per heavy atom. The van der Waals surface area contributed by atoms with Crippen molar-refractivity contribution in [3.8, 4) is 0 Å². The van der Waals surface area contributed by atoms with E-state index >= 15 is 0 Å². The summed E-state index contributed by atoms with van der Waals surface area (Å²) in [5.74, 6) is -1.29. The molecule has 0 aromatic heterocycles. The highest BCUT2D eigenvalue weighted by molar-refractivity contribution is 5.80. The van der Waals surface area contributed by atoms with Crippen LogP contribution < -0.4 is 5.32 Å². The molecule has 1 saturated heterocycles.